The van der Waals surface area contributed by atoms with E-state index in [0.717, 1.165) is 12.2 Å². The van der Waals surface area contributed by atoms with Gasteiger partial charge in [0.1, 0.15) is 0 Å². The molecular weight excluding hydrogens is 202 g/mol. The van der Waals surface area contributed by atoms with Gasteiger partial charge in [-0.05, 0) is 32.6 Å². The minimum absolute atomic E-state index is 0.480. The molecule has 4 heteroatoms. The van der Waals surface area contributed by atoms with Crippen molar-refractivity contribution in [3.05, 3.63) is 17.5 Å². The monoisotopic (exact) mass is 223 g/mol. The lowest BCUT2D eigenvalue weighted by Gasteiger charge is -2.28. The molecule has 0 unspecified atom stereocenters. The molecule has 0 atom stereocenters. The van der Waals surface area contributed by atoms with Crippen molar-refractivity contribution < 1.29 is 4.74 Å². The van der Waals surface area contributed by atoms with Crippen molar-refractivity contribution in [2.75, 3.05) is 7.11 Å². The first-order valence-corrected chi connectivity index (χ1v) is 6.04. The van der Waals surface area contributed by atoms with E-state index in [2.05, 4.69) is 22.4 Å². The van der Waals surface area contributed by atoms with Gasteiger partial charge in [-0.2, -0.15) is 5.10 Å². The molecule has 1 fully saturated rings. The second-order valence-electron chi connectivity index (χ2n) is 4.61. The van der Waals surface area contributed by atoms with Crippen molar-refractivity contribution in [2.45, 2.75) is 51.3 Å². The summed E-state index contributed by atoms with van der Waals surface area (Å²) >= 11 is 0. The second-order valence-corrected chi connectivity index (χ2v) is 4.61. The molecule has 0 aliphatic heterocycles. The summed E-state index contributed by atoms with van der Waals surface area (Å²) in [5.41, 5.74) is 2.44. The number of hydrogen-bond acceptors (Lipinski definition) is 3. The molecule has 0 bridgehead atoms. The van der Waals surface area contributed by atoms with Crippen LogP contribution in [0, 0.1) is 6.92 Å². The first-order chi connectivity index (χ1) is 7.79. The fourth-order valence-electron chi connectivity index (χ4n) is 2.31. The normalized spacial score (nSPS) is 25.9. The molecule has 0 spiro atoms. The molecule has 1 heterocycles. The summed E-state index contributed by atoms with van der Waals surface area (Å²) in [6.45, 7) is 2.98. The maximum absolute atomic E-state index is 5.37. The fourth-order valence-corrected chi connectivity index (χ4v) is 2.31. The molecule has 1 aromatic rings. The molecule has 2 rings (SSSR count). The van der Waals surface area contributed by atoms with Gasteiger partial charge in [-0.15, -0.1) is 0 Å². The van der Waals surface area contributed by atoms with Crippen LogP contribution < -0.4 is 5.32 Å². The van der Waals surface area contributed by atoms with Crippen LogP contribution in [0.5, 0.6) is 0 Å². The standard InChI is InChI=1S/C12H21N3O/c1-9-10(8-14-15-9)7-13-11-3-5-12(16-2)6-4-11/h8,11-13H,3-7H2,1-2H3,(H,14,15). The minimum Gasteiger partial charge on any atom is -0.381 e. The number of hydrogen-bond donors (Lipinski definition) is 2. The Labute approximate surface area is 96.8 Å². The average molecular weight is 223 g/mol. The predicted molar refractivity (Wildman–Crippen MR) is 63.2 cm³/mol. The molecule has 1 saturated carbocycles. The van der Waals surface area contributed by atoms with Gasteiger partial charge in [-0.3, -0.25) is 5.10 Å². The molecule has 1 aromatic heterocycles. The largest absolute Gasteiger partial charge is 0.381 e. The van der Waals surface area contributed by atoms with Gasteiger partial charge in [0.2, 0.25) is 0 Å². The van der Waals surface area contributed by atoms with E-state index >= 15 is 0 Å². The van der Waals surface area contributed by atoms with Gasteiger partial charge in [0.15, 0.2) is 0 Å². The third kappa shape index (κ3) is 2.83. The zero-order valence-corrected chi connectivity index (χ0v) is 10.1. The van der Waals surface area contributed by atoms with E-state index in [4.69, 9.17) is 4.74 Å². The highest BCUT2D eigenvalue weighted by atomic mass is 16.5. The highest BCUT2D eigenvalue weighted by Crippen LogP contribution is 2.20. The topological polar surface area (TPSA) is 49.9 Å². The van der Waals surface area contributed by atoms with Crippen LogP contribution in [0.25, 0.3) is 0 Å². The number of ether oxygens (including phenoxy) is 1. The molecule has 4 nitrogen and oxygen atoms in total. The van der Waals surface area contributed by atoms with E-state index in [1.807, 2.05) is 13.3 Å². The molecule has 90 valence electrons. The van der Waals surface area contributed by atoms with Gasteiger partial charge in [-0.25, -0.2) is 0 Å². The van der Waals surface area contributed by atoms with E-state index in [1.165, 1.54) is 31.2 Å². The third-order valence-electron chi connectivity index (χ3n) is 3.52. The maximum Gasteiger partial charge on any atom is 0.0572 e. The van der Waals surface area contributed by atoms with Crippen LogP contribution in [0.15, 0.2) is 6.20 Å². The van der Waals surface area contributed by atoms with Crippen molar-refractivity contribution in [1.82, 2.24) is 15.5 Å². The molecule has 0 aromatic carbocycles. The summed E-state index contributed by atoms with van der Waals surface area (Å²) in [5.74, 6) is 0. The second kappa shape index (κ2) is 5.46. The molecule has 0 amide bonds. The zero-order valence-electron chi connectivity index (χ0n) is 10.1. The van der Waals surface area contributed by atoms with Crippen LogP contribution in [0.3, 0.4) is 0 Å². The van der Waals surface area contributed by atoms with Crippen molar-refractivity contribution in [1.29, 1.82) is 0 Å². The van der Waals surface area contributed by atoms with Gasteiger partial charge >= 0.3 is 0 Å². The number of aryl methyl sites for hydroxylation is 1. The first kappa shape index (κ1) is 11.6. The van der Waals surface area contributed by atoms with E-state index in [1.54, 1.807) is 0 Å². The minimum atomic E-state index is 0.480. The first-order valence-electron chi connectivity index (χ1n) is 6.04. The van der Waals surface area contributed by atoms with Gasteiger partial charge in [0.25, 0.3) is 0 Å². The highest BCUT2D eigenvalue weighted by molar-refractivity contribution is 5.13. The Kier molecular flexibility index (Phi) is 3.96. The van der Waals surface area contributed by atoms with Crippen LogP contribution in [-0.4, -0.2) is 29.5 Å². The molecule has 1 aliphatic rings. The van der Waals surface area contributed by atoms with E-state index in [-0.39, 0.29) is 0 Å². The lowest BCUT2D eigenvalue weighted by Crippen LogP contribution is -2.34. The van der Waals surface area contributed by atoms with Gasteiger partial charge in [0.05, 0.1) is 12.3 Å². The summed E-state index contributed by atoms with van der Waals surface area (Å²) < 4.78 is 5.37. The Bertz CT molecular complexity index is 316. The number of rotatable bonds is 4. The molecular formula is C12H21N3O. The number of nitrogens with zero attached hydrogens (tertiary/aromatic N) is 1. The summed E-state index contributed by atoms with van der Waals surface area (Å²) in [7, 11) is 1.81. The Morgan fingerprint density at radius 2 is 2.19 bits per heavy atom. The van der Waals surface area contributed by atoms with Crippen LogP contribution in [0.4, 0.5) is 0 Å². The van der Waals surface area contributed by atoms with Gasteiger partial charge in [0, 0.05) is 31.0 Å². The summed E-state index contributed by atoms with van der Waals surface area (Å²) in [6, 6.07) is 0.640. The SMILES string of the molecule is COC1CCC(NCc2cn[nH]c2C)CC1. The van der Waals surface area contributed by atoms with Gasteiger partial charge < -0.3 is 10.1 Å². The van der Waals surface area contributed by atoms with Crippen LogP contribution in [0.2, 0.25) is 0 Å². The Morgan fingerprint density at radius 1 is 1.44 bits per heavy atom. The van der Waals surface area contributed by atoms with Crippen molar-refractivity contribution in [2.24, 2.45) is 0 Å². The Hall–Kier alpha value is -0.870. The number of H-pyrrole nitrogens is 1. The number of nitrogens with one attached hydrogen (secondary N) is 2. The van der Waals surface area contributed by atoms with Crippen LogP contribution in [0.1, 0.15) is 36.9 Å². The molecule has 16 heavy (non-hydrogen) atoms. The Balaban J connectivity index is 1.73. The molecule has 2 N–H and O–H groups in total. The maximum atomic E-state index is 5.37. The van der Waals surface area contributed by atoms with Gasteiger partial charge in [-0.1, -0.05) is 0 Å². The summed E-state index contributed by atoms with van der Waals surface area (Å²) in [5, 5.41) is 10.6. The quantitative estimate of drug-likeness (QED) is 0.818. The number of aromatic amines is 1. The molecule has 0 radical (unpaired) electrons. The Morgan fingerprint density at radius 3 is 2.75 bits per heavy atom. The van der Waals surface area contributed by atoms with Crippen molar-refractivity contribution in [3.63, 3.8) is 0 Å². The zero-order chi connectivity index (χ0) is 11.4. The molecule has 0 saturated heterocycles. The lowest BCUT2D eigenvalue weighted by molar-refractivity contribution is 0.0624. The lowest BCUT2D eigenvalue weighted by atomic mass is 9.93. The van der Waals surface area contributed by atoms with Crippen LogP contribution >= 0.6 is 0 Å². The number of aromatic nitrogens is 2. The predicted octanol–water partition coefficient (Wildman–Crippen LogP) is 1.77. The average Bonchev–Trinajstić information content (AvgIpc) is 2.73. The van der Waals surface area contributed by atoms with Crippen LogP contribution in [-0.2, 0) is 11.3 Å². The van der Waals surface area contributed by atoms with Crippen molar-refractivity contribution in [3.8, 4) is 0 Å². The fraction of sp³-hybridized carbons (Fsp3) is 0.750. The van der Waals surface area contributed by atoms with E-state index in [9.17, 15) is 0 Å². The number of methoxy groups -OCH3 is 1. The van der Waals surface area contributed by atoms with E-state index in [0.29, 0.717) is 12.1 Å². The molecule has 1 aliphatic carbocycles. The summed E-state index contributed by atoms with van der Waals surface area (Å²) in [4.78, 5) is 0. The van der Waals surface area contributed by atoms with E-state index < -0.39 is 0 Å². The highest BCUT2D eigenvalue weighted by Gasteiger charge is 2.20. The summed E-state index contributed by atoms with van der Waals surface area (Å²) in [6.07, 6.45) is 7.18. The smallest absolute Gasteiger partial charge is 0.0572 e. The third-order valence-corrected chi connectivity index (χ3v) is 3.52. The van der Waals surface area contributed by atoms with Crippen molar-refractivity contribution >= 4 is 0 Å².